The smallest absolute Gasteiger partial charge is 0.254 e. The molecule has 5 heteroatoms. The van der Waals surface area contributed by atoms with Gasteiger partial charge >= 0.3 is 0 Å². The van der Waals surface area contributed by atoms with Gasteiger partial charge in [0.25, 0.3) is 5.91 Å². The lowest BCUT2D eigenvalue weighted by Gasteiger charge is -2.30. The molecule has 0 aromatic heterocycles. The second-order valence-corrected chi connectivity index (χ2v) is 7.59. The van der Waals surface area contributed by atoms with Crippen LogP contribution in [0.25, 0.3) is 0 Å². The van der Waals surface area contributed by atoms with E-state index in [9.17, 15) is 9.59 Å². The van der Waals surface area contributed by atoms with Gasteiger partial charge in [0.2, 0.25) is 5.91 Å². The Morgan fingerprint density at radius 1 is 0.893 bits per heavy atom. The Morgan fingerprint density at radius 3 is 2.29 bits per heavy atom. The third kappa shape index (κ3) is 3.67. The number of likely N-dealkylation sites (tertiary alicyclic amines) is 1. The van der Waals surface area contributed by atoms with Crippen molar-refractivity contribution < 1.29 is 14.3 Å². The summed E-state index contributed by atoms with van der Waals surface area (Å²) in [6.07, 6.45) is 0. The van der Waals surface area contributed by atoms with Crippen LogP contribution in [0, 0.1) is 12.8 Å². The highest BCUT2D eigenvalue weighted by atomic mass is 16.5. The van der Waals surface area contributed by atoms with E-state index in [4.69, 9.17) is 4.74 Å². The van der Waals surface area contributed by atoms with Crippen LogP contribution in [0.1, 0.15) is 27.4 Å². The van der Waals surface area contributed by atoms with Gasteiger partial charge in [-0.2, -0.15) is 0 Å². The van der Waals surface area contributed by atoms with E-state index in [2.05, 4.69) is 12.1 Å². The highest BCUT2D eigenvalue weighted by Gasteiger charge is 2.42. The summed E-state index contributed by atoms with van der Waals surface area (Å²) in [5.74, 6) is -0.0495. The highest BCUT2D eigenvalue weighted by molar-refractivity contribution is 5.96. The van der Waals surface area contributed by atoms with Crippen molar-refractivity contribution in [1.29, 1.82) is 0 Å². The number of morpholine rings is 1. The topological polar surface area (TPSA) is 49.9 Å². The van der Waals surface area contributed by atoms with Crippen molar-refractivity contribution in [1.82, 2.24) is 9.80 Å². The molecule has 2 aliphatic rings. The van der Waals surface area contributed by atoms with Gasteiger partial charge in [-0.15, -0.1) is 0 Å². The van der Waals surface area contributed by atoms with Gasteiger partial charge in [-0.3, -0.25) is 9.59 Å². The van der Waals surface area contributed by atoms with Gasteiger partial charge in [0.05, 0.1) is 19.1 Å². The van der Waals surface area contributed by atoms with Gasteiger partial charge in [0, 0.05) is 37.7 Å². The van der Waals surface area contributed by atoms with Gasteiger partial charge in [0.15, 0.2) is 0 Å². The van der Waals surface area contributed by atoms with Crippen LogP contribution in [-0.2, 0) is 9.53 Å². The van der Waals surface area contributed by atoms with E-state index in [0.717, 1.165) is 11.1 Å². The molecule has 2 atom stereocenters. The van der Waals surface area contributed by atoms with Crippen molar-refractivity contribution in [3.05, 3.63) is 71.3 Å². The molecular weight excluding hydrogens is 352 g/mol. The Labute approximate surface area is 165 Å². The molecule has 4 rings (SSSR count). The van der Waals surface area contributed by atoms with Crippen LogP contribution in [0.3, 0.4) is 0 Å². The number of ether oxygens (including phenoxy) is 1. The minimum Gasteiger partial charge on any atom is -0.378 e. The number of hydrogen-bond donors (Lipinski definition) is 0. The number of benzene rings is 2. The van der Waals surface area contributed by atoms with Crippen LogP contribution in [0.15, 0.2) is 54.6 Å². The first-order valence-electron chi connectivity index (χ1n) is 9.91. The van der Waals surface area contributed by atoms with Gasteiger partial charge in [-0.1, -0.05) is 48.5 Å². The van der Waals surface area contributed by atoms with Crippen molar-refractivity contribution >= 4 is 11.8 Å². The molecular formula is C23H26N2O3. The zero-order chi connectivity index (χ0) is 19.5. The summed E-state index contributed by atoms with van der Waals surface area (Å²) in [6.45, 7) is 5.40. The van der Waals surface area contributed by atoms with Crippen molar-refractivity contribution in [3.8, 4) is 0 Å². The zero-order valence-corrected chi connectivity index (χ0v) is 16.2. The van der Waals surface area contributed by atoms with Crippen LogP contribution >= 0.6 is 0 Å². The molecule has 0 saturated carbocycles. The summed E-state index contributed by atoms with van der Waals surface area (Å²) < 4.78 is 5.40. The summed E-state index contributed by atoms with van der Waals surface area (Å²) >= 11 is 0. The average molecular weight is 378 g/mol. The minimum absolute atomic E-state index is 0.0105. The Kier molecular flexibility index (Phi) is 5.44. The average Bonchev–Trinajstić information content (AvgIpc) is 3.20. The summed E-state index contributed by atoms with van der Waals surface area (Å²) in [7, 11) is 0. The van der Waals surface area contributed by atoms with Gasteiger partial charge < -0.3 is 14.5 Å². The van der Waals surface area contributed by atoms with E-state index in [1.165, 1.54) is 0 Å². The van der Waals surface area contributed by atoms with Crippen LogP contribution in [-0.4, -0.2) is 61.0 Å². The predicted octanol–water partition coefficient (Wildman–Crippen LogP) is 2.71. The fourth-order valence-corrected chi connectivity index (χ4v) is 4.26. The third-order valence-corrected chi connectivity index (χ3v) is 5.85. The number of carbonyl (C=O) groups excluding carboxylic acids is 2. The van der Waals surface area contributed by atoms with Crippen molar-refractivity contribution in [3.63, 3.8) is 0 Å². The maximum atomic E-state index is 13.3. The van der Waals surface area contributed by atoms with Crippen LogP contribution < -0.4 is 0 Å². The third-order valence-electron chi connectivity index (χ3n) is 5.85. The number of aryl methyl sites for hydroxylation is 1. The van der Waals surface area contributed by atoms with Crippen LogP contribution in [0.2, 0.25) is 0 Å². The van der Waals surface area contributed by atoms with E-state index in [-0.39, 0.29) is 23.7 Å². The summed E-state index contributed by atoms with van der Waals surface area (Å²) in [5, 5.41) is 0. The normalized spacial score (nSPS) is 22.3. The first-order chi connectivity index (χ1) is 13.6. The fraction of sp³-hybridized carbons (Fsp3) is 0.391. The van der Waals surface area contributed by atoms with Crippen molar-refractivity contribution in [2.75, 3.05) is 39.4 Å². The number of hydrogen-bond acceptors (Lipinski definition) is 3. The molecule has 2 aromatic carbocycles. The largest absolute Gasteiger partial charge is 0.378 e. The number of amides is 2. The molecule has 2 aliphatic heterocycles. The molecule has 28 heavy (non-hydrogen) atoms. The van der Waals surface area contributed by atoms with Gasteiger partial charge in [0.1, 0.15) is 0 Å². The number of rotatable bonds is 3. The van der Waals surface area contributed by atoms with Crippen LogP contribution in [0.5, 0.6) is 0 Å². The maximum Gasteiger partial charge on any atom is 0.254 e. The van der Waals surface area contributed by atoms with E-state index in [1.807, 2.05) is 59.2 Å². The maximum absolute atomic E-state index is 13.3. The first-order valence-corrected chi connectivity index (χ1v) is 9.91. The lowest BCUT2D eigenvalue weighted by molar-refractivity contribution is -0.139. The summed E-state index contributed by atoms with van der Waals surface area (Å²) in [4.78, 5) is 30.2. The Balaban J connectivity index is 1.60. The number of carbonyl (C=O) groups is 2. The molecule has 2 aromatic rings. The molecule has 0 aliphatic carbocycles. The fourth-order valence-electron chi connectivity index (χ4n) is 4.26. The predicted molar refractivity (Wildman–Crippen MR) is 107 cm³/mol. The number of nitrogens with zero attached hydrogens (tertiary/aromatic N) is 2. The van der Waals surface area contributed by atoms with E-state index in [1.54, 1.807) is 0 Å². The first kappa shape index (κ1) is 18.7. The molecule has 5 nitrogen and oxygen atoms in total. The van der Waals surface area contributed by atoms with E-state index in [0.29, 0.717) is 45.0 Å². The van der Waals surface area contributed by atoms with Crippen molar-refractivity contribution in [2.24, 2.45) is 5.92 Å². The molecule has 2 saturated heterocycles. The quantitative estimate of drug-likeness (QED) is 0.825. The summed E-state index contributed by atoms with van der Waals surface area (Å²) in [5.41, 5.74) is 2.80. The monoisotopic (exact) mass is 378 g/mol. The molecule has 0 radical (unpaired) electrons. The highest BCUT2D eigenvalue weighted by Crippen LogP contribution is 2.35. The van der Waals surface area contributed by atoms with E-state index >= 15 is 0 Å². The molecule has 2 fully saturated rings. The Hall–Kier alpha value is -2.66. The SMILES string of the molecule is Cc1ccccc1C(=O)N1C[C@@H](C(=O)N2CCOCC2)[C@H](c2ccccc2)C1. The lowest BCUT2D eigenvalue weighted by atomic mass is 9.88. The molecule has 146 valence electrons. The van der Waals surface area contributed by atoms with Gasteiger partial charge in [-0.25, -0.2) is 0 Å². The Bertz CT molecular complexity index is 846. The van der Waals surface area contributed by atoms with Crippen LogP contribution in [0.4, 0.5) is 0 Å². The standard InChI is InChI=1S/C23H26N2O3/c1-17-7-5-6-10-19(17)22(26)25-15-20(18-8-3-2-4-9-18)21(16-25)23(27)24-11-13-28-14-12-24/h2-10,20-21H,11-16H2,1H3/t20-,21+/m0/s1. The zero-order valence-electron chi connectivity index (χ0n) is 16.2. The molecule has 2 amide bonds. The lowest BCUT2D eigenvalue weighted by Crippen LogP contribution is -2.45. The molecule has 0 bridgehead atoms. The molecule has 0 N–H and O–H groups in total. The van der Waals surface area contributed by atoms with E-state index < -0.39 is 0 Å². The summed E-state index contributed by atoms with van der Waals surface area (Å²) in [6, 6.07) is 17.7. The second-order valence-electron chi connectivity index (χ2n) is 7.59. The Morgan fingerprint density at radius 2 is 1.57 bits per heavy atom. The minimum atomic E-state index is -0.214. The second kappa shape index (κ2) is 8.15. The van der Waals surface area contributed by atoms with Crippen molar-refractivity contribution in [2.45, 2.75) is 12.8 Å². The molecule has 0 unspecified atom stereocenters. The van der Waals surface area contributed by atoms with Gasteiger partial charge in [-0.05, 0) is 24.1 Å². The molecule has 0 spiro atoms. The molecule has 2 heterocycles.